The molecule has 1 amide bonds. The van der Waals surface area contributed by atoms with Crippen molar-refractivity contribution < 1.29 is 31.5 Å². The average molecular weight is 666 g/mol. The van der Waals surface area contributed by atoms with Gasteiger partial charge in [-0.3, -0.25) is 9.69 Å². The molecular weight excluding hydrogens is 633 g/mol. The van der Waals surface area contributed by atoms with Gasteiger partial charge >= 0.3 is 12.2 Å². The van der Waals surface area contributed by atoms with E-state index in [4.69, 9.17) is 21.6 Å². The Bertz CT molecular complexity index is 1620. The van der Waals surface area contributed by atoms with Crippen LogP contribution in [0.15, 0.2) is 42.7 Å². The van der Waals surface area contributed by atoms with Crippen LogP contribution in [-0.2, 0) is 17.8 Å². The second-order valence-electron chi connectivity index (χ2n) is 10.8. The molecule has 46 heavy (non-hydrogen) atoms. The predicted molar refractivity (Wildman–Crippen MR) is 165 cm³/mol. The van der Waals surface area contributed by atoms with Gasteiger partial charge in [0, 0.05) is 62.8 Å². The highest BCUT2D eigenvalue weighted by molar-refractivity contribution is 6.36. The summed E-state index contributed by atoms with van der Waals surface area (Å²) in [5, 5.41) is 8.72. The van der Waals surface area contributed by atoms with E-state index in [2.05, 4.69) is 16.5 Å². The number of anilines is 2. The van der Waals surface area contributed by atoms with Gasteiger partial charge in [0.1, 0.15) is 18.2 Å². The van der Waals surface area contributed by atoms with Crippen molar-refractivity contribution in [2.75, 3.05) is 69.3 Å². The van der Waals surface area contributed by atoms with E-state index in [1.807, 2.05) is 28.0 Å². The number of carbonyl (C=O) groups is 1. The van der Waals surface area contributed by atoms with Crippen molar-refractivity contribution in [2.45, 2.75) is 26.1 Å². The first kappa shape index (κ1) is 34.6. The van der Waals surface area contributed by atoms with Gasteiger partial charge in [0.25, 0.3) is 5.91 Å². The average Bonchev–Trinajstić information content (AvgIpc) is 3.01. The van der Waals surface area contributed by atoms with E-state index in [0.29, 0.717) is 49.5 Å². The van der Waals surface area contributed by atoms with Crippen LogP contribution in [-0.4, -0.2) is 91.3 Å². The molecule has 1 aromatic heterocycles. The van der Waals surface area contributed by atoms with Crippen LogP contribution >= 0.6 is 11.6 Å². The molecule has 9 nitrogen and oxygen atoms in total. The van der Waals surface area contributed by atoms with E-state index in [1.54, 1.807) is 12.1 Å². The third-order valence-corrected chi connectivity index (χ3v) is 7.90. The lowest BCUT2D eigenvalue weighted by atomic mass is 10.0. The third kappa shape index (κ3) is 8.32. The van der Waals surface area contributed by atoms with Crippen molar-refractivity contribution in [3.05, 3.63) is 64.8 Å². The molecule has 0 unspecified atom stereocenters. The summed E-state index contributed by atoms with van der Waals surface area (Å²) in [6, 6.07) is 10.3. The quantitative estimate of drug-likeness (QED) is 0.230. The van der Waals surface area contributed by atoms with Crippen LogP contribution in [0.4, 0.5) is 33.5 Å². The van der Waals surface area contributed by atoms with E-state index in [0.717, 1.165) is 21.5 Å². The molecule has 3 aromatic rings. The highest BCUT2D eigenvalue weighted by Gasteiger charge is 2.31. The number of rotatable bonds is 8. The van der Waals surface area contributed by atoms with E-state index in [9.17, 15) is 26.7 Å². The molecule has 1 fully saturated rings. The Morgan fingerprint density at radius 1 is 1.13 bits per heavy atom. The number of aromatic nitrogens is 2. The fraction of sp³-hybridized carbons (Fsp3) is 0.419. The molecule has 2 aliphatic heterocycles. The minimum absolute atomic E-state index is 0.00458. The van der Waals surface area contributed by atoms with Crippen molar-refractivity contribution in [1.29, 1.82) is 5.26 Å². The minimum Gasteiger partial charge on any atom is -0.462 e. The zero-order valence-electron chi connectivity index (χ0n) is 25.4. The van der Waals surface area contributed by atoms with Crippen molar-refractivity contribution in [1.82, 2.24) is 19.8 Å². The lowest BCUT2D eigenvalue weighted by Crippen LogP contribution is -2.49. The van der Waals surface area contributed by atoms with Crippen LogP contribution in [0.2, 0.25) is 5.02 Å². The second-order valence-corrected chi connectivity index (χ2v) is 11.2. The smallest absolute Gasteiger partial charge is 0.401 e. The molecule has 0 aliphatic carbocycles. The summed E-state index contributed by atoms with van der Waals surface area (Å²) in [5.41, 5.74) is 2.25. The molecule has 0 saturated carbocycles. The largest absolute Gasteiger partial charge is 0.462 e. The Kier molecular flexibility index (Phi) is 11.2. The molecule has 2 aromatic carbocycles. The zero-order valence-corrected chi connectivity index (χ0v) is 26.1. The molecule has 0 atom stereocenters. The number of fused-ring (bicyclic) bond motifs is 2. The van der Waals surface area contributed by atoms with E-state index >= 15 is 0 Å². The Labute approximate surface area is 268 Å². The summed E-state index contributed by atoms with van der Waals surface area (Å²) in [6.45, 7) is 5.49. The van der Waals surface area contributed by atoms with E-state index in [1.165, 1.54) is 24.9 Å². The van der Waals surface area contributed by atoms with Crippen molar-refractivity contribution in [2.24, 2.45) is 0 Å². The molecule has 0 spiro atoms. The van der Waals surface area contributed by atoms with Gasteiger partial charge in [-0.1, -0.05) is 36.4 Å². The van der Waals surface area contributed by atoms with Crippen LogP contribution < -0.4 is 14.5 Å². The Hall–Kier alpha value is -4.22. The van der Waals surface area contributed by atoms with Gasteiger partial charge in [-0.2, -0.15) is 28.4 Å². The number of piperazine rings is 1. The standard InChI is InChI=1S/C29H30ClF5N6O2.C2H3N/c1-18(31)27(42)40-12-10-39(11-13-40)26-20-8-9-41(23-5-3-4-19-6-7-21(32)25(30)24(19)23)16-22(20)36-28(37-26)43-15-14-38(2)17-29(33,34)35;1-2-3/h3-7H,1,8-17H2,2H3;1H3. The molecule has 0 N–H and O–H groups in total. The number of nitrogens with zero attached hydrogens (tertiary/aromatic N) is 7. The predicted octanol–water partition coefficient (Wildman–Crippen LogP) is 5.52. The first-order valence-corrected chi connectivity index (χ1v) is 14.8. The number of carbonyl (C=O) groups excluding carboxylic acids is 1. The Balaban J connectivity index is 0.00000154. The first-order chi connectivity index (χ1) is 21.8. The van der Waals surface area contributed by atoms with Gasteiger partial charge in [0.05, 0.1) is 29.9 Å². The van der Waals surface area contributed by atoms with Gasteiger partial charge < -0.3 is 19.4 Å². The number of halogens is 6. The number of hydrogen-bond donors (Lipinski definition) is 0. The zero-order chi connectivity index (χ0) is 33.6. The molecule has 246 valence electrons. The van der Waals surface area contributed by atoms with Crippen LogP contribution in [0.5, 0.6) is 6.01 Å². The van der Waals surface area contributed by atoms with Gasteiger partial charge in [-0.05, 0) is 31.0 Å². The molecule has 0 radical (unpaired) electrons. The SMILES string of the molecule is C=C(F)C(=O)N1CCN(c2nc(OCCN(C)CC(F)(F)F)nc3c2CCN(c2cccc4ccc(F)c(Cl)c24)C3)CC1.CC#N. The maximum Gasteiger partial charge on any atom is 0.401 e. The Morgan fingerprint density at radius 2 is 1.83 bits per heavy atom. The monoisotopic (exact) mass is 665 g/mol. The highest BCUT2D eigenvalue weighted by Crippen LogP contribution is 2.38. The summed E-state index contributed by atoms with van der Waals surface area (Å²) in [4.78, 5) is 27.8. The number of amides is 1. The molecule has 1 saturated heterocycles. The second kappa shape index (κ2) is 14.9. The fourth-order valence-corrected chi connectivity index (χ4v) is 5.71. The highest BCUT2D eigenvalue weighted by atomic mass is 35.5. The lowest BCUT2D eigenvalue weighted by molar-refractivity contribution is -0.143. The molecular formula is C31H33ClF5N7O2. The van der Waals surface area contributed by atoms with Gasteiger partial charge in [0.2, 0.25) is 0 Å². The maximum atomic E-state index is 14.4. The summed E-state index contributed by atoms with van der Waals surface area (Å²) in [6.07, 6.45) is -3.80. The molecule has 5 rings (SSSR count). The number of ether oxygens (including phenoxy) is 1. The van der Waals surface area contributed by atoms with Gasteiger partial charge in [0.15, 0.2) is 5.83 Å². The van der Waals surface area contributed by atoms with Crippen LogP contribution in [0, 0.1) is 17.1 Å². The third-order valence-electron chi connectivity index (χ3n) is 7.53. The molecule has 3 heterocycles. The number of nitriles is 1. The number of alkyl halides is 3. The van der Waals surface area contributed by atoms with Crippen molar-refractivity contribution in [3.63, 3.8) is 0 Å². The van der Waals surface area contributed by atoms with E-state index < -0.39 is 30.3 Å². The van der Waals surface area contributed by atoms with Crippen LogP contribution in [0.1, 0.15) is 18.2 Å². The Morgan fingerprint density at radius 3 is 2.48 bits per heavy atom. The van der Waals surface area contributed by atoms with Crippen molar-refractivity contribution >= 4 is 39.8 Å². The molecule has 0 bridgehead atoms. The number of likely N-dealkylation sites (N-methyl/N-ethyl adjacent to an activating group) is 1. The van der Waals surface area contributed by atoms with Crippen LogP contribution in [0.3, 0.4) is 0 Å². The fourth-order valence-electron chi connectivity index (χ4n) is 5.45. The number of hydrogen-bond acceptors (Lipinski definition) is 8. The lowest BCUT2D eigenvalue weighted by Gasteiger charge is -2.38. The minimum atomic E-state index is -4.33. The summed E-state index contributed by atoms with van der Waals surface area (Å²) in [5.74, 6) is -1.70. The van der Waals surface area contributed by atoms with Crippen molar-refractivity contribution in [3.8, 4) is 12.1 Å². The van der Waals surface area contributed by atoms with Gasteiger partial charge in [-0.15, -0.1) is 0 Å². The summed E-state index contributed by atoms with van der Waals surface area (Å²) < 4.78 is 71.9. The number of benzene rings is 2. The molecule has 2 aliphatic rings. The summed E-state index contributed by atoms with van der Waals surface area (Å²) in [7, 11) is 1.35. The normalized spacial score (nSPS) is 14.8. The van der Waals surface area contributed by atoms with Crippen LogP contribution in [0.25, 0.3) is 10.8 Å². The first-order valence-electron chi connectivity index (χ1n) is 14.4. The van der Waals surface area contributed by atoms with E-state index in [-0.39, 0.29) is 37.3 Å². The van der Waals surface area contributed by atoms with Gasteiger partial charge in [-0.25, -0.2) is 8.78 Å². The topological polar surface area (TPSA) is 88.8 Å². The maximum absolute atomic E-state index is 14.4. The molecule has 15 heteroatoms. The summed E-state index contributed by atoms with van der Waals surface area (Å²) >= 11 is 6.39.